The molecule has 0 fully saturated rings. The lowest BCUT2D eigenvalue weighted by Crippen LogP contribution is -2.34. The molecule has 7 heteroatoms. The van der Waals surface area contributed by atoms with Gasteiger partial charge in [0.15, 0.2) is 11.5 Å². The number of carbonyl (C=O) groups excluding carboxylic acids is 2. The Hall–Kier alpha value is -3.09. The number of nitrogens with one attached hydrogen (secondary N) is 1. The van der Waals surface area contributed by atoms with Gasteiger partial charge in [0, 0.05) is 12.4 Å². The lowest BCUT2D eigenvalue weighted by molar-refractivity contribution is -0.306. The fourth-order valence-electron chi connectivity index (χ4n) is 2.43. The topological polar surface area (TPSA) is 87.7 Å². The van der Waals surface area contributed by atoms with Crippen molar-refractivity contribution >= 4 is 11.9 Å². The zero-order valence-corrected chi connectivity index (χ0v) is 12.5. The average Bonchev–Trinajstić information content (AvgIpc) is 3.01. The molecule has 3 rings (SSSR count). The summed E-state index contributed by atoms with van der Waals surface area (Å²) in [5, 5.41) is 13.5. The zero-order valence-electron chi connectivity index (χ0n) is 12.5. The molecule has 0 radical (unpaired) electrons. The summed E-state index contributed by atoms with van der Waals surface area (Å²) in [6.45, 7) is 0.0749. The molecular formula is C17H13FNO5-. The fraction of sp³-hybridized carbons (Fsp3) is 0.176. The lowest BCUT2D eigenvalue weighted by atomic mass is 10.0. The molecule has 0 spiro atoms. The summed E-state index contributed by atoms with van der Waals surface area (Å²) in [6, 6.07) is 9.38. The van der Waals surface area contributed by atoms with Gasteiger partial charge in [0.1, 0.15) is 5.82 Å². The Kier molecular flexibility index (Phi) is 4.33. The van der Waals surface area contributed by atoms with Crippen LogP contribution in [0.1, 0.15) is 28.4 Å². The molecule has 0 saturated heterocycles. The molecule has 0 unspecified atom stereocenters. The van der Waals surface area contributed by atoms with Crippen molar-refractivity contribution < 1.29 is 28.6 Å². The number of carboxylic acids is 1. The Morgan fingerprint density at radius 2 is 1.92 bits per heavy atom. The molecule has 24 heavy (non-hydrogen) atoms. The molecule has 1 N–H and O–H groups in total. The van der Waals surface area contributed by atoms with Gasteiger partial charge >= 0.3 is 0 Å². The largest absolute Gasteiger partial charge is 0.550 e. The van der Waals surface area contributed by atoms with Crippen LogP contribution in [0.4, 0.5) is 4.39 Å². The minimum absolute atomic E-state index is 0.0749. The van der Waals surface area contributed by atoms with Crippen LogP contribution in [0.2, 0.25) is 0 Å². The minimum atomic E-state index is -1.34. The van der Waals surface area contributed by atoms with Gasteiger partial charge < -0.3 is 24.7 Å². The van der Waals surface area contributed by atoms with Crippen molar-refractivity contribution in [2.75, 3.05) is 6.79 Å². The first-order valence-electron chi connectivity index (χ1n) is 7.19. The Bertz CT molecular complexity index is 792. The van der Waals surface area contributed by atoms with Crippen molar-refractivity contribution in [3.63, 3.8) is 0 Å². The third-order valence-corrected chi connectivity index (χ3v) is 3.59. The van der Waals surface area contributed by atoms with Gasteiger partial charge in [-0.15, -0.1) is 0 Å². The highest BCUT2D eigenvalue weighted by molar-refractivity contribution is 5.94. The van der Waals surface area contributed by atoms with Crippen molar-refractivity contribution in [2.45, 2.75) is 12.5 Å². The number of amides is 1. The number of rotatable bonds is 5. The molecule has 0 aliphatic carbocycles. The second-order valence-corrected chi connectivity index (χ2v) is 5.19. The van der Waals surface area contributed by atoms with Gasteiger partial charge in [-0.3, -0.25) is 4.79 Å². The molecule has 0 bridgehead atoms. The molecule has 124 valence electrons. The Morgan fingerprint density at radius 1 is 1.17 bits per heavy atom. The molecule has 0 saturated carbocycles. The van der Waals surface area contributed by atoms with E-state index in [0.717, 1.165) is 6.07 Å². The maximum Gasteiger partial charge on any atom is 0.254 e. The van der Waals surface area contributed by atoms with Crippen molar-refractivity contribution in [3.8, 4) is 11.5 Å². The van der Waals surface area contributed by atoms with E-state index in [1.165, 1.54) is 18.2 Å². The number of hydrogen-bond acceptors (Lipinski definition) is 5. The van der Waals surface area contributed by atoms with Crippen LogP contribution in [0.15, 0.2) is 42.5 Å². The second kappa shape index (κ2) is 6.57. The first kappa shape index (κ1) is 15.8. The Morgan fingerprint density at radius 3 is 2.67 bits per heavy atom. The van der Waals surface area contributed by atoms with Crippen molar-refractivity contribution in [1.82, 2.24) is 5.32 Å². The van der Waals surface area contributed by atoms with Gasteiger partial charge in [0.2, 0.25) is 6.79 Å². The predicted octanol–water partition coefficient (Wildman–Crippen LogP) is 1.17. The van der Waals surface area contributed by atoms with Crippen molar-refractivity contribution in [1.29, 1.82) is 0 Å². The summed E-state index contributed by atoms with van der Waals surface area (Å²) in [7, 11) is 0. The van der Waals surface area contributed by atoms with Crippen LogP contribution in [-0.2, 0) is 4.79 Å². The van der Waals surface area contributed by atoms with E-state index in [1.807, 2.05) is 0 Å². The molecule has 2 aromatic carbocycles. The minimum Gasteiger partial charge on any atom is -0.550 e. The average molecular weight is 330 g/mol. The van der Waals surface area contributed by atoms with E-state index in [9.17, 15) is 19.1 Å². The van der Waals surface area contributed by atoms with E-state index in [4.69, 9.17) is 9.47 Å². The van der Waals surface area contributed by atoms with Crippen LogP contribution in [0.25, 0.3) is 0 Å². The molecule has 2 aromatic rings. The van der Waals surface area contributed by atoms with Crippen LogP contribution in [0.3, 0.4) is 0 Å². The number of fused-ring (bicyclic) bond motifs is 1. The van der Waals surface area contributed by atoms with E-state index >= 15 is 0 Å². The summed E-state index contributed by atoms with van der Waals surface area (Å²) < 4.78 is 24.1. The van der Waals surface area contributed by atoms with E-state index in [0.29, 0.717) is 17.1 Å². The van der Waals surface area contributed by atoms with Gasteiger partial charge in [0.05, 0.1) is 11.6 Å². The second-order valence-electron chi connectivity index (χ2n) is 5.19. The zero-order chi connectivity index (χ0) is 17.1. The van der Waals surface area contributed by atoms with E-state index in [-0.39, 0.29) is 12.4 Å². The highest BCUT2D eigenvalue weighted by atomic mass is 19.1. The highest BCUT2D eigenvalue weighted by Gasteiger charge is 2.21. The van der Waals surface area contributed by atoms with Gasteiger partial charge in [-0.25, -0.2) is 4.39 Å². The van der Waals surface area contributed by atoms with E-state index in [1.54, 1.807) is 18.2 Å². The van der Waals surface area contributed by atoms with E-state index < -0.39 is 30.2 Å². The molecule has 1 amide bonds. The third-order valence-electron chi connectivity index (χ3n) is 3.59. The van der Waals surface area contributed by atoms with Crippen molar-refractivity contribution in [2.24, 2.45) is 0 Å². The van der Waals surface area contributed by atoms with Gasteiger partial charge in [-0.2, -0.15) is 0 Å². The molecule has 1 aliphatic heterocycles. The number of ether oxygens (including phenoxy) is 2. The fourth-order valence-corrected chi connectivity index (χ4v) is 2.43. The normalized spacial score (nSPS) is 13.4. The summed E-state index contributed by atoms with van der Waals surface area (Å²) >= 11 is 0. The Balaban J connectivity index is 1.85. The first-order valence-corrected chi connectivity index (χ1v) is 7.19. The molecule has 0 aromatic heterocycles. The lowest BCUT2D eigenvalue weighted by Gasteiger charge is -2.20. The van der Waals surface area contributed by atoms with Crippen LogP contribution < -0.4 is 19.9 Å². The van der Waals surface area contributed by atoms with Gasteiger partial charge in [0.25, 0.3) is 5.91 Å². The summed E-state index contributed by atoms with van der Waals surface area (Å²) in [6.07, 6.45) is -0.458. The molecular weight excluding hydrogens is 317 g/mol. The monoisotopic (exact) mass is 330 g/mol. The quantitative estimate of drug-likeness (QED) is 0.889. The Labute approximate surface area is 136 Å². The van der Waals surface area contributed by atoms with E-state index in [2.05, 4.69) is 5.32 Å². The van der Waals surface area contributed by atoms with Crippen molar-refractivity contribution in [3.05, 3.63) is 59.4 Å². The standard InChI is InChI=1S/C17H14FNO5/c18-12-4-2-1-3-11(12)17(22)19-13(8-16(20)21)10-5-6-14-15(7-10)24-9-23-14/h1-7,13H,8-9H2,(H,19,22)(H,20,21)/p-1/t13-/m0/s1. The number of halogens is 1. The van der Waals surface area contributed by atoms with Crippen LogP contribution in [0, 0.1) is 5.82 Å². The molecule has 1 atom stereocenters. The number of carboxylic acid groups (broad SMARTS) is 1. The van der Waals surface area contributed by atoms with Crippen LogP contribution >= 0.6 is 0 Å². The smallest absolute Gasteiger partial charge is 0.254 e. The summed E-state index contributed by atoms with van der Waals surface area (Å²) in [5.74, 6) is -1.75. The van der Waals surface area contributed by atoms with Crippen LogP contribution in [-0.4, -0.2) is 18.7 Å². The summed E-state index contributed by atoms with van der Waals surface area (Å²) in [4.78, 5) is 23.3. The van der Waals surface area contributed by atoms with Crippen LogP contribution in [0.5, 0.6) is 11.5 Å². The maximum atomic E-state index is 13.7. The molecule has 6 nitrogen and oxygen atoms in total. The summed E-state index contributed by atoms with van der Waals surface area (Å²) in [5.41, 5.74) is 0.328. The number of benzene rings is 2. The highest BCUT2D eigenvalue weighted by Crippen LogP contribution is 2.34. The predicted molar refractivity (Wildman–Crippen MR) is 78.8 cm³/mol. The molecule has 1 heterocycles. The maximum absolute atomic E-state index is 13.7. The number of aliphatic carboxylic acids is 1. The number of hydrogen-bond donors (Lipinski definition) is 1. The first-order chi connectivity index (χ1) is 11.5. The van der Waals surface area contributed by atoms with Gasteiger partial charge in [-0.1, -0.05) is 18.2 Å². The molecule has 1 aliphatic rings. The SMILES string of the molecule is O=C([O-])C[C@H](NC(=O)c1ccccc1F)c1ccc2c(c1)OCO2. The van der Waals surface area contributed by atoms with Gasteiger partial charge in [-0.05, 0) is 29.8 Å². The third kappa shape index (κ3) is 3.29. The number of carbonyl (C=O) groups is 2.